The van der Waals surface area contributed by atoms with Crippen LogP contribution in [0.15, 0.2) is 0 Å². The summed E-state index contributed by atoms with van der Waals surface area (Å²) in [5.74, 6) is -0.160. The van der Waals surface area contributed by atoms with E-state index in [2.05, 4.69) is 5.32 Å². The van der Waals surface area contributed by atoms with Crippen LogP contribution in [0.2, 0.25) is 0 Å². The molecule has 5 heteroatoms. The highest BCUT2D eigenvalue weighted by Crippen LogP contribution is 2.24. The fourth-order valence-corrected chi connectivity index (χ4v) is 1.97. The molecule has 1 atom stereocenters. The summed E-state index contributed by atoms with van der Waals surface area (Å²) < 4.78 is 10.5. The SMILES string of the molecule is CC(C)C(=O)C1(NC(=O)OC(C)(C)C)CCOC1. The Labute approximate surface area is 108 Å². The maximum Gasteiger partial charge on any atom is 0.408 e. The maximum atomic E-state index is 12.2. The predicted octanol–water partition coefficient (Wildman–Crippen LogP) is 1.90. The van der Waals surface area contributed by atoms with Crippen molar-refractivity contribution in [3.8, 4) is 0 Å². The summed E-state index contributed by atoms with van der Waals surface area (Å²) in [6, 6.07) is 0. The van der Waals surface area contributed by atoms with Crippen molar-refractivity contribution in [2.24, 2.45) is 5.92 Å². The first-order chi connectivity index (χ1) is 8.16. The highest BCUT2D eigenvalue weighted by molar-refractivity contribution is 5.93. The summed E-state index contributed by atoms with van der Waals surface area (Å²) in [5, 5.41) is 2.69. The Morgan fingerprint density at radius 1 is 1.33 bits per heavy atom. The van der Waals surface area contributed by atoms with Crippen molar-refractivity contribution >= 4 is 11.9 Å². The lowest BCUT2D eigenvalue weighted by Crippen LogP contribution is -2.57. The molecule has 1 aliphatic heterocycles. The van der Waals surface area contributed by atoms with Crippen molar-refractivity contribution in [3.63, 3.8) is 0 Å². The van der Waals surface area contributed by atoms with Crippen molar-refractivity contribution in [2.45, 2.75) is 52.2 Å². The van der Waals surface area contributed by atoms with Gasteiger partial charge in [-0.3, -0.25) is 4.79 Å². The summed E-state index contributed by atoms with van der Waals surface area (Å²) in [6.07, 6.45) is -0.0644. The Kier molecular flexibility index (Phi) is 4.37. The van der Waals surface area contributed by atoms with Gasteiger partial charge in [0.25, 0.3) is 0 Å². The third-order valence-corrected chi connectivity index (χ3v) is 2.76. The average molecular weight is 257 g/mol. The molecule has 1 rings (SSSR count). The molecule has 1 fully saturated rings. The van der Waals surface area contributed by atoms with Gasteiger partial charge >= 0.3 is 6.09 Å². The third kappa shape index (κ3) is 3.70. The smallest absolute Gasteiger partial charge is 0.408 e. The number of alkyl carbamates (subject to hydrolysis) is 1. The molecule has 0 radical (unpaired) electrons. The third-order valence-electron chi connectivity index (χ3n) is 2.76. The van der Waals surface area contributed by atoms with Gasteiger partial charge in [0.2, 0.25) is 0 Å². The lowest BCUT2D eigenvalue weighted by atomic mass is 9.86. The highest BCUT2D eigenvalue weighted by atomic mass is 16.6. The van der Waals surface area contributed by atoms with E-state index in [9.17, 15) is 9.59 Å². The van der Waals surface area contributed by atoms with Gasteiger partial charge in [0, 0.05) is 18.9 Å². The van der Waals surface area contributed by atoms with Gasteiger partial charge in [0.15, 0.2) is 5.78 Å². The van der Waals surface area contributed by atoms with Crippen LogP contribution in [-0.4, -0.2) is 36.2 Å². The van der Waals surface area contributed by atoms with Crippen LogP contribution >= 0.6 is 0 Å². The molecule has 0 saturated carbocycles. The number of ketones is 1. The molecular formula is C13H23NO4. The van der Waals surface area contributed by atoms with Crippen LogP contribution in [0.25, 0.3) is 0 Å². The molecule has 0 aliphatic carbocycles. The van der Waals surface area contributed by atoms with Crippen molar-refractivity contribution in [1.82, 2.24) is 5.32 Å². The molecule has 18 heavy (non-hydrogen) atoms. The topological polar surface area (TPSA) is 64.6 Å². The van der Waals surface area contributed by atoms with E-state index >= 15 is 0 Å². The van der Waals surface area contributed by atoms with Crippen molar-refractivity contribution in [2.75, 3.05) is 13.2 Å². The largest absolute Gasteiger partial charge is 0.444 e. The molecule has 1 saturated heterocycles. The number of amides is 1. The molecule has 0 aromatic carbocycles. The number of hydrogen-bond acceptors (Lipinski definition) is 4. The predicted molar refractivity (Wildman–Crippen MR) is 67.4 cm³/mol. The van der Waals surface area contributed by atoms with Crippen LogP contribution < -0.4 is 5.32 Å². The average Bonchev–Trinajstić information content (AvgIpc) is 2.62. The van der Waals surface area contributed by atoms with E-state index in [1.807, 2.05) is 13.8 Å². The van der Waals surface area contributed by atoms with Gasteiger partial charge in [-0.05, 0) is 20.8 Å². The molecule has 1 amide bonds. The van der Waals surface area contributed by atoms with Gasteiger partial charge in [-0.15, -0.1) is 0 Å². The molecule has 0 spiro atoms. The minimum atomic E-state index is -0.920. The van der Waals surface area contributed by atoms with Gasteiger partial charge in [-0.25, -0.2) is 4.79 Å². The van der Waals surface area contributed by atoms with E-state index in [0.717, 1.165) is 0 Å². The minimum absolute atomic E-state index is 0.00846. The number of rotatable bonds is 3. The summed E-state index contributed by atoms with van der Waals surface area (Å²) in [7, 11) is 0. The quantitative estimate of drug-likeness (QED) is 0.838. The van der Waals surface area contributed by atoms with Gasteiger partial charge in [-0.2, -0.15) is 0 Å². The number of ether oxygens (including phenoxy) is 2. The lowest BCUT2D eigenvalue weighted by Gasteiger charge is -2.30. The molecule has 1 N–H and O–H groups in total. The van der Waals surface area contributed by atoms with Crippen LogP contribution in [-0.2, 0) is 14.3 Å². The second-order valence-corrected chi connectivity index (χ2v) is 6.03. The molecule has 1 aliphatic rings. The first-order valence-electron chi connectivity index (χ1n) is 6.29. The van der Waals surface area contributed by atoms with Crippen LogP contribution in [0.5, 0.6) is 0 Å². The van der Waals surface area contributed by atoms with Crippen LogP contribution in [0, 0.1) is 5.92 Å². The van der Waals surface area contributed by atoms with E-state index in [1.165, 1.54) is 0 Å². The molecule has 5 nitrogen and oxygen atoms in total. The Bertz CT molecular complexity index is 324. The van der Waals surface area contributed by atoms with Gasteiger partial charge in [-0.1, -0.05) is 13.8 Å². The second-order valence-electron chi connectivity index (χ2n) is 6.03. The summed E-state index contributed by atoms with van der Waals surface area (Å²) in [5.41, 5.74) is -1.50. The van der Waals surface area contributed by atoms with E-state index in [4.69, 9.17) is 9.47 Å². The molecular weight excluding hydrogens is 234 g/mol. The zero-order chi connectivity index (χ0) is 14.0. The normalized spacial score (nSPS) is 24.1. The van der Waals surface area contributed by atoms with Gasteiger partial charge < -0.3 is 14.8 Å². The highest BCUT2D eigenvalue weighted by Gasteiger charge is 2.45. The first-order valence-corrected chi connectivity index (χ1v) is 6.29. The molecule has 0 bridgehead atoms. The standard InChI is InChI=1S/C13H23NO4/c1-9(2)10(15)13(6-7-17-8-13)14-11(16)18-12(3,4)5/h9H,6-8H2,1-5H3,(H,14,16). The molecule has 0 aromatic rings. The Hall–Kier alpha value is -1.10. The number of hydrogen-bond donors (Lipinski definition) is 1. The van der Waals surface area contributed by atoms with Crippen LogP contribution in [0.4, 0.5) is 4.79 Å². The van der Waals surface area contributed by atoms with E-state index in [0.29, 0.717) is 13.0 Å². The van der Waals surface area contributed by atoms with Crippen molar-refractivity contribution in [3.05, 3.63) is 0 Å². The van der Waals surface area contributed by atoms with Crippen LogP contribution in [0.1, 0.15) is 41.0 Å². The Morgan fingerprint density at radius 3 is 2.33 bits per heavy atom. The zero-order valence-corrected chi connectivity index (χ0v) is 11.8. The lowest BCUT2D eigenvalue weighted by molar-refractivity contribution is -0.128. The Balaban J connectivity index is 2.75. The minimum Gasteiger partial charge on any atom is -0.444 e. The monoisotopic (exact) mass is 257 g/mol. The fraction of sp³-hybridized carbons (Fsp3) is 0.846. The molecule has 0 aromatic heterocycles. The number of Topliss-reactive ketones (excluding diaryl/α,β-unsaturated/α-hetero) is 1. The summed E-state index contributed by atoms with van der Waals surface area (Å²) in [6.45, 7) is 9.70. The maximum absolute atomic E-state index is 12.2. The van der Waals surface area contributed by atoms with E-state index in [1.54, 1.807) is 20.8 Å². The van der Waals surface area contributed by atoms with E-state index in [-0.39, 0.29) is 18.3 Å². The molecule has 1 heterocycles. The number of nitrogens with one attached hydrogen (secondary N) is 1. The van der Waals surface area contributed by atoms with Gasteiger partial charge in [0.05, 0.1) is 6.61 Å². The summed E-state index contributed by atoms with van der Waals surface area (Å²) >= 11 is 0. The van der Waals surface area contributed by atoms with E-state index < -0.39 is 17.2 Å². The zero-order valence-electron chi connectivity index (χ0n) is 11.8. The van der Waals surface area contributed by atoms with Crippen LogP contribution in [0.3, 0.4) is 0 Å². The summed E-state index contributed by atoms with van der Waals surface area (Å²) in [4.78, 5) is 24.0. The molecule has 104 valence electrons. The molecule has 1 unspecified atom stereocenters. The number of carbonyl (C=O) groups excluding carboxylic acids is 2. The second kappa shape index (κ2) is 5.26. The fourth-order valence-electron chi connectivity index (χ4n) is 1.97. The van der Waals surface area contributed by atoms with Gasteiger partial charge in [0.1, 0.15) is 11.1 Å². The van der Waals surface area contributed by atoms with Crippen molar-refractivity contribution in [1.29, 1.82) is 0 Å². The number of carbonyl (C=O) groups is 2. The Morgan fingerprint density at radius 2 is 1.94 bits per heavy atom. The van der Waals surface area contributed by atoms with Crippen molar-refractivity contribution < 1.29 is 19.1 Å². The first kappa shape index (κ1) is 15.0.